The summed E-state index contributed by atoms with van der Waals surface area (Å²) in [6.07, 6.45) is -14.0. The van der Waals surface area contributed by atoms with Gasteiger partial charge in [-0.3, -0.25) is 0 Å². The van der Waals surface area contributed by atoms with Crippen molar-refractivity contribution in [1.82, 2.24) is 0 Å². The average molecular weight is 448 g/mol. The maximum absolute atomic E-state index is 13.8. The van der Waals surface area contributed by atoms with E-state index in [9.17, 15) is 44.3 Å². The predicted octanol–water partition coefficient (Wildman–Crippen LogP) is 3.46. The van der Waals surface area contributed by atoms with Crippen LogP contribution in [-0.2, 0) is 19.0 Å². The second-order valence-corrected chi connectivity index (χ2v) is 6.14. The molecule has 0 amide bonds. The molecule has 2 atom stereocenters. The molecular weight excluding hydrogens is 431 g/mol. The first kappa shape index (κ1) is 25.5. The highest BCUT2D eigenvalue weighted by atomic mass is 19.4. The zero-order chi connectivity index (χ0) is 22.7. The van der Waals surface area contributed by atoms with Gasteiger partial charge in [0.1, 0.15) is 0 Å². The standard InChI is InChI=1S/C15H17F9O5/c1-8(6-27-5-3-2-4-12(18,19)11(16)17)10(25)29-9-7-28-14(26,13(9,20)21)15(22,23)24/h9,11,26H,1-7H2. The molecule has 2 unspecified atom stereocenters. The van der Waals surface area contributed by atoms with Gasteiger partial charge in [0.15, 0.2) is 6.10 Å². The van der Waals surface area contributed by atoms with Crippen LogP contribution < -0.4 is 0 Å². The fraction of sp³-hybridized carbons (Fsp3) is 0.800. The van der Waals surface area contributed by atoms with E-state index in [0.29, 0.717) is 0 Å². The van der Waals surface area contributed by atoms with Gasteiger partial charge < -0.3 is 19.3 Å². The number of hydrogen-bond donors (Lipinski definition) is 1. The van der Waals surface area contributed by atoms with Crippen molar-refractivity contribution in [3.8, 4) is 0 Å². The van der Waals surface area contributed by atoms with E-state index in [0.717, 1.165) is 0 Å². The number of ether oxygens (including phenoxy) is 3. The van der Waals surface area contributed by atoms with E-state index in [2.05, 4.69) is 16.1 Å². The van der Waals surface area contributed by atoms with Gasteiger partial charge in [-0.2, -0.15) is 22.0 Å². The Morgan fingerprint density at radius 3 is 2.28 bits per heavy atom. The zero-order valence-corrected chi connectivity index (χ0v) is 14.6. The lowest BCUT2D eigenvalue weighted by Crippen LogP contribution is -2.59. The fourth-order valence-electron chi connectivity index (χ4n) is 2.13. The van der Waals surface area contributed by atoms with Crippen LogP contribution in [0.15, 0.2) is 12.2 Å². The van der Waals surface area contributed by atoms with Gasteiger partial charge in [-0.05, 0) is 12.8 Å². The predicted molar refractivity (Wildman–Crippen MR) is 76.5 cm³/mol. The summed E-state index contributed by atoms with van der Waals surface area (Å²) in [7, 11) is 0. The molecule has 0 aliphatic carbocycles. The Morgan fingerprint density at radius 1 is 1.21 bits per heavy atom. The number of aliphatic hydroxyl groups is 1. The van der Waals surface area contributed by atoms with E-state index in [1.54, 1.807) is 0 Å². The first-order valence-corrected chi connectivity index (χ1v) is 7.99. The Bertz CT molecular complexity index is 593. The molecule has 1 aliphatic heterocycles. The molecule has 170 valence electrons. The van der Waals surface area contributed by atoms with Gasteiger partial charge in [0, 0.05) is 13.0 Å². The Morgan fingerprint density at radius 2 is 1.79 bits per heavy atom. The Balaban J connectivity index is 2.42. The minimum atomic E-state index is -5.86. The number of hydrogen-bond acceptors (Lipinski definition) is 5. The summed E-state index contributed by atoms with van der Waals surface area (Å²) in [5, 5.41) is 9.06. The topological polar surface area (TPSA) is 65.0 Å². The summed E-state index contributed by atoms with van der Waals surface area (Å²) in [6.45, 7) is 0.756. The highest BCUT2D eigenvalue weighted by molar-refractivity contribution is 5.88. The van der Waals surface area contributed by atoms with E-state index in [1.807, 2.05) is 0 Å². The summed E-state index contributed by atoms with van der Waals surface area (Å²) < 4.78 is 127. The minimum Gasteiger partial charge on any atom is -0.450 e. The van der Waals surface area contributed by atoms with Crippen molar-refractivity contribution in [2.24, 2.45) is 0 Å². The number of carbonyl (C=O) groups excluding carboxylic acids is 1. The Kier molecular flexibility index (Phi) is 7.98. The molecule has 0 aromatic carbocycles. The van der Waals surface area contributed by atoms with Crippen molar-refractivity contribution in [3.05, 3.63) is 12.2 Å². The van der Waals surface area contributed by atoms with Crippen molar-refractivity contribution < 1.29 is 63.6 Å². The number of rotatable bonds is 10. The van der Waals surface area contributed by atoms with Crippen molar-refractivity contribution in [2.75, 3.05) is 19.8 Å². The minimum absolute atomic E-state index is 0.0994. The van der Waals surface area contributed by atoms with E-state index in [4.69, 9.17) is 9.84 Å². The number of esters is 1. The molecule has 0 aromatic rings. The van der Waals surface area contributed by atoms with Crippen molar-refractivity contribution in [3.63, 3.8) is 0 Å². The van der Waals surface area contributed by atoms with Crippen molar-refractivity contribution in [2.45, 2.75) is 55.6 Å². The fourth-order valence-corrected chi connectivity index (χ4v) is 2.13. The number of alkyl halides is 9. The van der Waals surface area contributed by atoms with Crippen LogP contribution in [-0.4, -0.2) is 67.2 Å². The third kappa shape index (κ3) is 5.75. The SMILES string of the molecule is C=C(COCCCCC(F)(F)C(F)F)C(=O)OC1COC(O)(C(F)(F)F)C1(F)F. The lowest BCUT2D eigenvalue weighted by Gasteiger charge is -2.31. The van der Waals surface area contributed by atoms with Gasteiger partial charge in [-0.15, -0.1) is 0 Å². The molecule has 1 heterocycles. The van der Waals surface area contributed by atoms with Gasteiger partial charge in [-0.25, -0.2) is 22.4 Å². The summed E-state index contributed by atoms with van der Waals surface area (Å²) >= 11 is 0. The second kappa shape index (κ2) is 9.08. The summed E-state index contributed by atoms with van der Waals surface area (Å²) in [6, 6.07) is 0. The molecule has 5 nitrogen and oxygen atoms in total. The van der Waals surface area contributed by atoms with Crippen LogP contribution in [0.3, 0.4) is 0 Å². The first-order valence-electron chi connectivity index (χ1n) is 7.99. The van der Waals surface area contributed by atoms with E-state index in [1.165, 1.54) is 0 Å². The van der Waals surface area contributed by atoms with Crippen LogP contribution >= 0.6 is 0 Å². The van der Waals surface area contributed by atoms with Gasteiger partial charge in [0.2, 0.25) is 0 Å². The number of carbonyl (C=O) groups is 1. The average Bonchev–Trinajstić information content (AvgIpc) is 2.81. The molecule has 1 aliphatic rings. The second-order valence-electron chi connectivity index (χ2n) is 6.14. The highest BCUT2D eigenvalue weighted by Crippen LogP contribution is 2.49. The summed E-state index contributed by atoms with van der Waals surface area (Å²) in [4.78, 5) is 11.6. The molecule has 0 saturated carbocycles. The maximum atomic E-state index is 13.8. The third-order valence-corrected chi connectivity index (χ3v) is 3.87. The van der Waals surface area contributed by atoms with Gasteiger partial charge in [0.25, 0.3) is 0 Å². The molecule has 0 spiro atoms. The highest BCUT2D eigenvalue weighted by Gasteiger charge is 2.78. The van der Waals surface area contributed by atoms with Crippen LogP contribution in [0.5, 0.6) is 0 Å². The van der Waals surface area contributed by atoms with Crippen LogP contribution in [0.1, 0.15) is 19.3 Å². The van der Waals surface area contributed by atoms with Crippen LogP contribution in [0.4, 0.5) is 39.5 Å². The normalized spacial score (nSPS) is 24.7. The maximum Gasteiger partial charge on any atom is 0.449 e. The molecule has 0 bridgehead atoms. The molecule has 1 saturated heterocycles. The van der Waals surface area contributed by atoms with Crippen molar-refractivity contribution in [1.29, 1.82) is 0 Å². The number of halogens is 9. The lowest BCUT2D eigenvalue weighted by molar-refractivity contribution is -0.405. The van der Waals surface area contributed by atoms with Crippen LogP contribution in [0.25, 0.3) is 0 Å². The van der Waals surface area contributed by atoms with Gasteiger partial charge in [-0.1, -0.05) is 6.58 Å². The lowest BCUT2D eigenvalue weighted by atomic mass is 10.1. The molecule has 1 fully saturated rings. The summed E-state index contributed by atoms with van der Waals surface area (Å²) in [5.74, 6) is -15.5. The van der Waals surface area contributed by atoms with E-state index in [-0.39, 0.29) is 19.4 Å². The van der Waals surface area contributed by atoms with E-state index >= 15 is 0 Å². The molecule has 0 radical (unpaired) electrons. The molecule has 29 heavy (non-hydrogen) atoms. The molecule has 1 N–H and O–H groups in total. The first-order chi connectivity index (χ1) is 13.1. The zero-order valence-electron chi connectivity index (χ0n) is 14.6. The molecule has 14 heteroatoms. The Hall–Kier alpha value is -1.54. The largest absolute Gasteiger partial charge is 0.450 e. The third-order valence-electron chi connectivity index (χ3n) is 3.87. The van der Waals surface area contributed by atoms with Gasteiger partial charge >= 0.3 is 36.2 Å². The van der Waals surface area contributed by atoms with E-state index < -0.39 is 67.5 Å². The molecular formula is C15H17F9O5. The molecule has 1 rings (SSSR count). The molecule has 0 aromatic heterocycles. The van der Waals surface area contributed by atoms with Crippen molar-refractivity contribution >= 4 is 5.97 Å². The van der Waals surface area contributed by atoms with Crippen LogP contribution in [0, 0.1) is 0 Å². The monoisotopic (exact) mass is 448 g/mol. The smallest absolute Gasteiger partial charge is 0.449 e. The number of unbranched alkanes of at least 4 members (excludes halogenated alkanes) is 1. The summed E-state index contributed by atoms with van der Waals surface area (Å²) in [5.41, 5.74) is -0.596. The van der Waals surface area contributed by atoms with Crippen LogP contribution in [0.2, 0.25) is 0 Å². The van der Waals surface area contributed by atoms with Gasteiger partial charge in [0.05, 0.1) is 18.8 Å². The quantitative estimate of drug-likeness (QED) is 0.240. The Labute approximate surface area is 158 Å².